The third-order valence-electron chi connectivity index (χ3n) is 3.70. The first-order chi connectivity index (χ1) is 13.0. The van der Waals surface area contributed by atoms with E-state index in [-0.39, 0.29) is 46.4 Å². The number of aliphatic hydroxyl groups excluding tert-OH is 1. The minimum absolute atomic E-state index is 0.0110. The lowest BCUT2D eigenvalue weighted by Crippen LogP contribution is -2.04. The zero-order valence-electron chi connectivity index (χ0n) is 14.8. The number of benzene rings is 1. The molecule has 0 aliphatic heterocycles. The zero-order chi connectivity index (χ0) is 20.0. The number of nitrogens with two attached hydrogens (primary N) is 1. The molecule has 0 atom stereocenters. The number of aliphatic hydroxyl groups is 1. The highest BCUT2D eigenvalue weighted by molar-refractivity contribution is 7.99. The van der Waals surface area contributed by atoms with Crippen LogP contribution in [-0.2, 0) is 0 Å². The molecule has 140 valence electrons. The number of ether oxygens (including phenoxy) is 2. The van der Waals surface area contributed by atoms with Crippen molar-refractivity contribution < 1.29 is 19.7 Å². The Morgan fingerprint density at radius 2 is 1.89 bits per heavy atom. The van der Waals surface area contributed by atoms with Crippen LogP contribution in [0, 0.1) is 22.7 Å². The third kappa shape index (κ3) is 4.00. The van der Waals surface area contributed by atoms with E-state index < -0.39 is 0 Å². The van der Waals surface area contributed by atoms with Gasteiger partial charge in [0, 0.05) is 17.9 Å². The molecular formula is C18H18N4O4S. The van der Waals surface area contributed by atoms with Gasteiger partial charge in [0.05, 0.1) is 19.8 Å². The number of methoxy groups -OCH3 is 2. The van der Waals surface area contributed by atoms with Gasteiger partial charge in [-0.25, -0.2) is 4.98 Å². The number of nitrogens with zero attached hydrogens (tertiary/aromatic N) is 3. The number of rotatable bonds is 7. The summed E-state index contributed by atoms with van der Waals surface area (Å²) in [4.78, 5) is 4.17. The van der Waals surface area contributed by atoms with Gasteiger partial charge in [-0.15, -0.1) is 11.8 Å². The number of aromatic nitrogens is 1. The molecule has 0 saturated carbocycles. The summed E-state index contributed by atoms with van der Waals surface area (Å²) < 4.78 is 10.3. The Morgan fingerprint density at radius 3 is 2.44 bits per heavy atom. The molecule has 4 N–H and O–H groups in total. The molecule has 0 aliphatic carbocycles. The maximum Gasteiger partial charge on any atom is 0.203 e. The van der Waals surface area contributed by atoms with Crippen molar-refractivity contribution in [2.45, 2.75) is 11.4 Å². The molecule has 27 heavy (non-hydrogen) atoms. The molecule has 1 heterocycles. The number of phenolic OH excluding ortho intramolecular Hbond substituents is 1. The van der Waals surface area contributed by atoms with Crippen molar-refractivity contribution >= 4 is 17.6 Å². The van der Waals surface area contributed by atoms with Gasteiger partial charge in [0.2, 0.25) is 5.75 Å². The van der Waals surface area contributed by atoms with Crippen LogP contribution in [0.4, 0.5) is 5.82 Å². The number of thioether (sulfide) groups is 1. The summed E-state index contributed by atoms with van der Waals surface area (Å²) in [5.74, 6) is 0.680. The van der Waals surface area contributed by atoms with E-state index >= 15 is 0 Å². The van der Waals surface area contributed by atoms with E-state index in [0.717, 1.165) is 0 Å². The zero-order valence-corrected chi connectivity index (χ0v) is 15.6. The number of hydrogen-bond donors (Lipinski definition) is 3. The first-order valence-corrected chi connectivity index (χ1v) is 8.83. The van der Waals surface area contributed by atoms with Crippen molar-refractivity contribution in [2.24, 2.45) is 0 Å². The van der Waals surface area contributed by atoms with Crippen molar-refractivity contribution in [2.75, 3.05) is 32.3 Å². The van der Waals surface area contributed by atoms with E-state index in [1.807, 2.05) is 6.07 Å². The lowest BCUT2D eigenvalue weighted by molar-refractivity contribution is 0.296. The van der Waals surface area contributed by atoms with Crippen LogP contribution in [0.25, 0.3) is 11.1 Å². The summed E-state index contributed by atoms with van der Waals surface area (Å²) >= 11 is 1.26. The van der Waals surface area contributed by atoms with Gasteiger partial charge >= 0.3 is 0 Å². The van der Waals surface area contributed by atoms with Crippen molar-refractivity contribution in [3.63, 3.8) is 0 Å². The van der Waals surface area contributed by atoms with Crippen LogP contribution < -0.4 is 15.2 Å². The monoisotopic (exact) mass is 386 g/mol. The van der Waals surface area contributed by atoms with E-state index in [0.29, 0.717) is 22.8 Å². The fraction of sp³-hybridized carbons (Fsp3) is 0.278. The molecule has 2 rings (SSSR count). The third-order valence-corrected chi connectivity index (χ3v) is 4.77. The van der Waals surface area contributed by atoms with Gasteiger partial charge < -0.3 is 25.4 Å². The van der Waals surface area contributed by atoms with Crippen LogP contribution >= 0.6 is 11.8 Å². The van der Waals surface area contributed by atoms with Gasteiger partial charge in [0.15, 0.2) is 11.5 Å². The molecule has 0 saturated heterocycles. The standard InChI is InChI=1S/C18H18N4O4S/c1-25-14-7-10(6-13(24)16(14)26-2)15-11(8-19)17(21)22-18(12(15)9-20)27-5-3-4-23/h6-7,23-24H,3-5H2,1-2H3,(H2,21,22). The van der Waals surface area contributed by atoms with Crippen LogP contribution in [0.15, 0.2) is 17.2 Å². The Hall–Kier alpha value is -3.14. The summed E-state index contributed by atoms with van der Waals surface area (Å²) in [6.07, 6.45) is 0.517. The first-order valence-electron chi connectivity index (χ1n) is 7.85. The fourth-order valence-electron chi connectivity index (χ4n) is 2.51. The van der Waals surface area contributed by atoms with Gasteiger partial charge in [-0.05, 0) is 24.1 Å². The molecule has 1 aromatic heterocycles. The van der Waals surface area contributed by atoms with Crippen molar-refractivity contribution in [1.29, 1.82) is 10.5 Å². The Balaban J connectivity index is 2.77. The number of pyridine rings is 1. The van der Waals surface area contributed by atoms with Gasteiger partial charge in [-0.2, -0.15) is 10.5 Å². The highest BCUT2D eigenvalue weighted by Gasteiger charge is 2.23. The quantitative estimate of drug-likeness (QED) is 0.482. The van der Waals surface area contributed by atoms with Crippen molar-refractivity contribution in [3.8, 4) is 40.5 Å². The Bertz CT molecular complexity index is 935. The Morgan fingerprint density at radius 1 is 1.19 bits per heavy atom. The van der Waals surface area contributed by atoms with Crippen LogP contribution in [0.5, 0.6) is 17.2 Å². The summed E-state index contributed by atoms with van der Waals surface area (Å²) in [5.41, 5.74) is 6.76. The minimum atomic E-state index is -0.204. The summed E-state index contributed by atoms with van der Waals surface area (Å²) in [7, 11) is 2.80. The predicted octanol–water partition coefficient (Wildman–Crippen LogP) is 2.27. The molecule has 0 aliphatic rings. The number of phenols is 1. The van der Waals surface area contributed by atoms with E-state index in [4.69, 9.17) is 20.3 Å². The maximum atomic E-state index is 10.3. The SMILES string of the molecule is COc1cc(-c2c(C#N)c(N)nc(SCCCO)c2C#N)cc(O)c1OC. The molecule has 9 heteroatoms. The number of hydrogen-bond acceptors (Lipinski definition) is 9. The van der Waals surface area contributed by atoms with E-state index in [1.165, 1.54) is 32.0 Å². The molecule has 0 spiro atoms. The van der Waals surface area contributed by atoms with E-state index in [2.05, 4.69) is 11.1 Å². The summed E-state index contributed by atoms with van der Waals surface area (Å²) in [6, 6.07) is 6.97. The number of nitrogen functional groups attached to an aromatic ring is 1. The minimum Gasteiger partial charge on any atom is -0.504 e. The van der Waals surface area contributed by atoms with Gasteiger partial charge in [-0.1, -0.05) is 0 Å². The molecule has 0 unspecified atom stereocenters. The first kappa shape index (κ1) is 20.2. The Kier molecular flexibility index (Phi) is 6.72. The van der Waals surface area contributed by atoms with Gasteiger partial charge in [0.1, 0.15) is 28.5 Å². The van der Waals surface area contributed by atoms with E-state index in [9.17, 15) is 15.6 Å². The second kappa shape index (κ2) is 8.99. The van der Waals surface area contributed by atoms with Gasteiger partial charge in [0.25, 0.3) is 0 Å². The van der Waals surface area contributed by atoms with Crippen LogP contribution in [0.2, 0.25) is 0 Å². The molecule has 2 aromatic rings. The number of anilines is 1. The Labute approximate surface area is 160 Å². The predicted molar refractivity (Wildman–Crippen MR) is 101 cm³/mol. The molecular weight excluding hydrogens is 368 g/mol. The second-order valence-corrected chi connectivity index (χ2v) is 6.39. The second-order valence-electron chi connectivity index (χ2n) is 5.31. The topological polar surface area (TPSA) is 145 Å². The highest BCUT2D eigenvalue weighted by atomic mass is 32.2. The average Bonchev–Trinajstić information content (AvgIpc) is 2.66. The summed E-state index contributed by atoms with van der Waals surface area (Å²) in [6.45, 7) is 0.0110. The summed E-state index contributed by atoms with van der Waals surface area (Å²) in [5, 5.41) is 38.8. The number of aromatic hydroxyl groups is 1. The molecule has 8 nitrogen and oxygen atoms in total. The van der Waals surface area contributed by atoms with Crippen LogP contribution in [0.1, 0.15) is 17.5 Å². The van der Waals surface area contributed by atoms with Crippen LogP contribution in [0.3, 0.4) is 0 Å². The molecule has 0 radical (unpaired) electrons. The smallest absolute Gasteiger partial charge is 0.203 e. The average molecular weight is 386 g/mol. The molecule has 0 amide bonds. The largest absolute Gasteiger partial charge is 0.504 e. The normalized spacial score (nSPS) is 10.1. The van der Waals surface area contributed by atoms with Gasteiger partial charge in [-0.3, -0.25) is 0 Å². The fourth-order valence-corrected chi connectivity index (χ4v) is 3.43. The highest BCUT2D eigenvalue weighted by Crippen LogP contribution is 2.43. The maximum absolute atomic E-state index is 10.3. The molecule has 1 aromatic carbocycles. The molecule has 0 bridgehead atoms. The molecule has 0 fully saturated rings. The van der Waals surface area contributed by atoms with Crippen molar-refractivity contribution in [3.05, 3.63) is 23.3 Å². The lowest BCUT2D eigenvalue weighted by atomic mass is 9.96. The van der Waals surface area contributed by atoms with E-state index in [1.54, 1.807) is 6.07 Å². The number of nitriles is 2. The lowest BCUT2D eigenvalue weighted by Gasteiger charge is -2.15. The van der Waals surface area contributed by atoms with Crippen molar-refractivity contribution in [1.82, 2.24) is 4.98 Å². The van der Waals surface area contributed by atoms with Crippen LogP contribution in [-0.4, -0.2) is 41.8 Å².